The maximum Gasteiger partial charge on any atom is 0.164 e. The molecule has 0 radical (unpaired) electrons. The smallest absolute Gasteiger partial charge is 0.164 e. The van der Waals surface area contributed by atoms with Crippen molar-refractivity contribution in [3.05, 3.63) is 109 Å². The van der Waals surface area contributed by atoms with E-state index in [1.54, 1.807) is 4.57 Å². The summed E-state index contributed by atoms with van der Waals surface area (Å²) in [7, 11) is -0.190. The number of rotatable bonds is 0. The van der Waals surface area contributed by atoms with Crippen molar-refractivity contribution in [2.45, 2.75) is 11.8 Å². The molecule has 42 heavy (non-hydrogen) atoms. The van der Waals surface area contributed by atoms with Crippen LogP contribution >= 0.6 is 8.59 Å². The fourth-order valence-electron chi connectivity index (χ4n) is 6.37. The van der Waals surface area contributed by atoms with Crippen molar-refractivity contribution >= 4 is 30.7 Å². The number of fused-ring (bicyclic) bond motifs is 17. The van der Waals surface area contributed by atoms with Gasteiger partial charge in [-0.2, -0.15) is 0 Å². The van der Waals surface area contributed by atoms with Crippen LogP contribution in [0.2, 0.25) is 0 Å². The lowest BCUT2D eigenvalue weighted by Gasteiger charge is -2.13. The van der Waals surface area contributed by atoms with Gasteiger partial charge in [0.2, 0.25) is 0 Å². The second-order valence-electron chi connectivity index (χ2n) is 10.6. The van der Waals surface area contributed by atoms with Crippen molar-refractivity contribution in [1.82, 2.24) is 38.6 Å². The van der Waals surface area contributed by atoms with Gasteiger partial charge in [0.25, 0.3) is 0 Å². The highest BCUT2D eigenvalue weighted by Gasteiger charge is 2.36. The molecule has 3 aromatic carbocycles. The molecule has 0 fully saturated rings. The Morgan fingerprint density at radius 1 is 0.524 bits per heavy atom. The molecule has 3 atom stereocenters. The quantitative estimate of drug-likeness (QED) is 0.202. The van der Waals surface area contributed by atoms with E-state index in [4.69, 9.17) is 34.2 Å². The van der Waals surface area contributed by atoms with Crippen molar-refractivity contribution in [2.75, 3.05) is 0 Å². The monoisotopic (exact) mass is 562 g/mol. The fourth-order valence-corrected chi connectivity index (χ4v) is 7.24. The van der Waals surface area contributed by atoms with Gasteiger partial charge in [-0.05, 0) is 0 Å². The zero-order valence-electron chi connectivity index (χ0n) is 21.9. The fraction of sp³-hybridized carbons (Fsp3) is 0.0625. The molecule has 6 aromatic rings. The van der Waals surface area contributed by atoms with Crippen LogP contribution < -0.4 is 0 Å². The molecule has 4 aliphatic rings. The molecule has 1 aliphatic carbocycles. The van der Waals surface area contributed by atoms with Crippen molar-refractivity contribution in [1.29, 1.82) is 0 Å². The molecule has 0 amide bonds. The third-order valence-corrected chi connectivity index (χ3v) is 9.18. The van der Waals surface area contributed by atoms with Gasteiger partial charge < -0.3 is 4.30 Å². The standard InChI is InChI=1S/C32H19N8OP/c1-3-11-19-17(9-1)25-33-27(19)37-31-23-15-7-8-16-24(23)32-38-28-20-12-4-2-10-18(20)26(34-28)36-30-22-14-6-5-13-21(22)29(35-25)39(30)41-42-40(31)32/h1-16,21-22,42H. The van der Waals surface area contributed by atoms with Crippen LogP contribution in [0.3, 0.4) is 0 Å². The predicted molar refractivity (Wildman–Crippen MR) is 161 cm³/mol. The van der Waals surface area contributed by atoms with Crippen LogP contribution in [0.5, 0.6) is 0 Å². The van der Waals surface area contributed by atoms with E-state index in [0.29, 0.717) is 23.3 Å². The van der Waals surface area contributed by atoms with E-state index < -0.39 is 0 Å². The molecular weight excluding hydrogens is 543 g/mol. The molecule has 0 saturated carbocycles. The number of allylic oxidation sites excluding steroid dienone is 4. The molecular formula is C32H19N8OP. The van der Waals surface area contributed by atoms with Crippen LogP contribution in [0, 0.1) is 0 Å². The van der Waals surface area contributed by atoms with Gasteiger partial charge in [-0.1, -0.05) is 97.1 Å². The van der Waals surface area contributed by atoms with Crippen LogP contribution in [-0.2, 0) is 0 Å². The summed E-state index contributed by atoms with van der Waals surface area (Å²) in [4.78, 5) is 30.8. The lowest BCUT2D eigenvalue weighted by Crippen LogP contribution is -2.05. The Morgan fingerprint density at radius 2 is 0.952 bits per heavy atom. The van der Waals surface area contributed by atoms with E-state index in [1.807, 2.05) is 52.7 Å². The topological polar surface area (TPSA) is 99.3 Å². The van der Waals surface area contributed by atoms with Crippen molar-refractivity contribution in [2.24, 2.45) is 0 Å². The van der Waals surface area contributed by atoms with E-state index in [9.17, 15) is 0 Å². The molecule has 3 unspecified atom stereocenters. The normalized spacial score (nSPS) is 17.5. The average molecular weight is 563 g/mol. The number of nitrogens with zero attached hydrogens (tertiary/aromatic N) is 8. The molecule has 0 saturated heterocycles. The highest BCUT2D eigenvalue weighted by Crippen LogP contribution is 2.43. The Morgan fingerprint density at radius 3 is 1.43 bits per heavy atom. The minimum atomic E-state index is -0.190. The Balaban J connectivity index is 1.52. The summed E-state index contributed by atoms with van der Waals surface area (Å²) in [6.45, 7) is 0. The van der Waals surface area contributed by atoms with E-state index in [-0.39, 0.29) is 20.4 Å². The summed E-state index contributed by atoms with van der Waals surface area (Å²) in [6.07, 6.45) is 8.43. The SMILES string of the molecule is C1=CC2c3nc4nc(nc5c6ccccc6c6nc7nc(nc(n3o[pH]n56)C2C=C1)-c1ccccc1-7)-c1ccccc1-4. The molecule has 6 bridgehead atoms. The Hall–Kier alpha value is -5.40. The Kier molecular flexibility index (Phi) is 4.29. The van der Waals surface area contributed by atoms with E-state index >= 15 is 0 Å². The van der Waals surface area contributed by atoms with Crippen LogP contribution in [-0.4, -0.2) is 38.6 Å². The van der Waals surface area contributed by atoms with Crippen LogP contribution in [0.1, 0.15) is 23.5 Å². The molecule has 9 nitrogen and oxygen atoms in total. The van der Waals surface area contributed by atoms with Crippen LogP contribution in [0.4, 0.5) is 0 Å². The van der Waals surface area contributed by atoms with Crippen molar-refractivity contribution in [3.8, 4) is 45.6 Å². The highest BCUT2D eigenvalue weighted by molar-refractivity contribution is 7.18. The Labute approximate surface area is 239 Å². The highest BCUT2D eigenvalue weighted by atomic mass is 31.1. The summed E-state index contributed by atoms with van der Waals surface area (Å²) >= 11 is 0. The van der Waals surface area contributed by atoms with Gasteiger partial charge in [0.1, 0.15) is 8.59 Å². The second-order valence-corrected chi connectivity index (χ2v) is 11.4. The average Bonchev–Trinajstić information content (AvgIpc) is 3.72. The number of aromatic nitrogens is 8. The molecule has 3 aromatic heterocycles. The molecule has 198 valence electrons. The molecule has 6 heterocycles. The molecule has 10 heteroatoms. The zero-order valence-corrected chi connectivity index (χ0v) is 22.9. The zero-order chi connectivity index (χ0) is 27.4. The number of hydrogen-bond acceptors (Lipinski definition) is 7. The number of hydrogen-bond donors (Lipinski definition) is 0. The molecule has 10 rings (SSSR count). The largest absolute Gasteiger partial charge is 0.351 e. The summed E-state index contributed by atoms with van der Waals surface area (Å²) < 4.78 is 10.6. The Bertz CT molecular complexity index is 2250. The molecule has 0 spiro atoms. The molecule has 3 aliphatic heterocycles. The first-order valence-electron chi connectivity index (χ1n) is 13.7. The first-order valence-corrected chi connectivity index (χ1v) is 14.6. The lowest BCUT2D eigenvalue weighted by molar-refractivity contribution is 0.418. The predicted octanol–water partition coefficient (Wildman–Crippen LogP) is 6.75. The number of benzene rings is 3. The van der Waals surface area contributed by atoms with Gasteiger partial charge in [-0.15, -0.1) is 4.57 Å². The summed E-state index contributed by atoms with van der Waals surface area (Å²) in [5.74, 6) is 3.77. The first-order chi connectivity index (χ1) is 20.8. The van der Waals surface area contributed by atoms with Crippen molar-refractivity contribution < 1.29 is 4.30 Å². The maximum absolute atomic E-state index is 6.72. The van der Waals surface area contributed by atoms with Crippen molar-refractivity contribution in [3.63, 3.8) is 0 Å². The van der Waals surface area contributed by atoms with Gasteiger partial charge in [0.05, 0.1) is 11.8 Å². The van der Waals surface area contributed by atoms with E-state index in [0.717, 1.165) is 56.0 Å². The van der Waals surface area contributed by atoms with Gasteiger partial charge in [-0.3, -0.25) is 0 Å². The summed E-state index contributed by atoms with van der Waals surface area (Å²) in [5.41, 5.74) is 5.23. The lowest BCUT2D eigenvalue weighted by atomic mass is 9.89. The van der Waals surface area contributed by atoms with E-state index in [2.05, 4.69) is 48.6 Å². The van der Waals surface area contributed by atoms with Gasteiger partial charge >= 0.3 is 0 Å². The summed E-state index contributed by atoms with van der Waals surface area (Å²) in [5, 5.41) is 1.92. The third-order valence-electron chi connectivity index (χ3n) is 8.31. The van der Waals surface area contributed by atoms with Crippen LogP contribution in [0.15, 0.2) is 101 Å². The van der Waals surface area contributed by atoms with Gasteiger partial charge in [-0.25, -0.2) is 34.1 Å². The maximum atomic E-state index is 6.72. The van der Waals surface area contributed by atoms with Gasteiger partial charge in [0.15, 0.2) is 46.2 Å². The molecule has 0 N–H and O–H groups in total. The van der Waals surface area contributed by atoms with Crippen LogP contribution in [0.25, 0.3) is 67.6 Å². The first kappa shape index (κ1) is 22.3. The summed E-state index contributed by atoms with van der Waals surface area (Å²) in [6, 6.07) is 24.4. The minimum absolute atomic E-state index is 0.0776. The third kappa shape index (κ3) is 2.92. The van der Waals surface area contributed by atoms with E-state index in [1.165, 1.54) is 0 Å². The van der Waals surface area contributed by atoms with Gasteiger partial charge in [0, 0.05) is 33.0 Å². The second kappa shape index (κ2) is 8.09. The minimum Gasteiger partial charge on any atom is -0.351 e.